The first-order valence-corrected chi connectivity index (χ1v) is 9.78. The van der Waals surface area contributed by atoms with Gasteiger partial charge in [-0.25, -0.2) is 0 Å². The first-order valence-electron chi connectivity index (χ1n) is 9.78. The van der Waals surface area contributed by atoms with Gasteiger partial charge < -0.3 is 9.47 Å². The predicted octanol–water partition coefficient (Wildman–Crippen LogP) is 5.80. The summed E-state index contributed by atoms with van der Waals surface area (Å²) in [5, 5.41) is 0. The van der Waals surface area contributed by atoms with Gasteiger partial charge in [-0.3, -0.25) is 0 Å². The van der Waals surface area contributed by atoms with Crippen LogP contribution in [0.25, 0.3) is 0 Å². The Balaban J connectivity index is 1.54. The van der Waals surface area contributed by atoms with E-state index in [1.807, 2.05) is 0 Å². The first-order chi connectivity index (χ1) is 10.6. The number of epoxide rings is 1. The fraction of sp³-hybridized carbons (Fsp3) is 1.00. The van der Waals surface area contributed by atoms with Gasteiger partial charge in [0.05, 0.1) is 0 Å². The number of ether oxygens (including phenoxy) is 2. The maximum Gasteiger partial charge on any atom is 0.184 e. The van der Waals surface area contributed by atoms with Crippen LogP contribution in [0.3, 0.4) is 0 Å². The van der Waals surface area contributed by atoms with E-state index in [1.165, 1.54) is 64.2 Å². The van der Waals surface area contributed by atoms with E-state index < -0.39 is 0 Å². The van der Waals surface area contributed by atoms with Crippen LogP contribution >= 0.6 is 0 Å². The van der Waals surface area contributed by atoms with E-state index in [0.717, 1.165) is 23.7 Å². The fourth-order valence-electron chi connectivity index (χ4n) is 4.30. The van der Waals surface area contributed by atoms with E-state index in [4.69, 9.17) is 9.47 Å². The molecule has 1 aliphatic carbocycles. The largest absolute Gasteiger partial charge is 0.353 e. The maximum absolute atomic E-state index is 5.64. The Morgan fingerprint density at radius 1 is 1.05 bits per heavy atom. The molecule has 0 radical (unpaired) electrons. The molecule has 0 amide bonds. The van der Waals surface area contributed by atoms with Crippen LogP contribution in [-0.4, -0.2) is 19.5 Å². The van der Waals surface area contributed by atoms with Crippen LogP contribution in [0.4, 0.5) is 0 Å². The van der Waals surface area contributed by atoms with E-state index in [9.17, 15) is 0 Å². The fourth-order valence-corrected chi connectivity index (χ4v) is 4.30. The van der Waals surface area contributed by atoms with Crippen LogP contribution < -0.4 is 0 Å². The molecule has 2 rings (SSSR count). The predicted molar refractivity (Wildman–Crippen MR) is 92.8 cm³/mol. The third-order valence-corrected chi connectivity index (χ3v) is 5.79. The topological polar surface area (TPSA) is 21.8 Å². The highest BCUT2D eigenvalue weighted by Gasteiger charge is 2.46. The summed E-state index contributed by atoms with van der Waals surface area (Å²) in [6.45, 7) is 7.12. The number of hydrogen-bond donors (Lipinski definition) is 0. The highest BCUT2D eigenvalue weighted by atomic mass is 16.8. The lowest BCUT2D eigenvalue weighted by Gasteiger charge is -2.28. The molecule has 1 saturated carbocycles. The van der Waals surface area contributed by atoms with Crippen molar-refractivity contribution in [1.82, 2.24) is 0 Å². The molecule has 1 saturated heterocycles. The second kappa shape index (κ2) is 9.27. The van der Waals surface area contributed by atoms with Crippen molar-refractivity contribution in [2.75, 3.05) is 7.11 Å². The molecular formula is C20H38O2. The van der Waals surface area contributed by atoms with Gasteiger partial charge in [0, 0.05) is 7.11 Å². The van der Waals surface area contributed by atoms with E-state index in [2.05, 4.69) is 20.8 Å². The van der Waals surface area contributed by atoms with Gasteiger partial charge in [-0.2, -0.15) is 0 Å². The summed E-state index contributed by atoms with van der Waals surface area (Å²) in [6, 6.07) is 0. The van der Waals surface area contributed by atoms with Gasteiger partial charge in [-0.05, 0) is 36.5 Å². The second-order valence-corrected chi connectivity index (χ2v) is 8.36. The lowest BCUT2D eigenvalue weighted by Crippen LogP contribution is -2.21. The third-order valence-electron chi connectivity index (χ3n) is 5.79. The smallest absolute Gasteiger partial charge is 0.184 e. The molecule has 22 heavy (non-hydrogen) atoms. The maximum atomic E-state index is 5.64. The zero-order valence-electron chi connectivity index (χ0n) is 15.4. The van der Waals surface area contributed by atoms with Gasteiger partial charge in [-0.1, -0.05) is 72.1 Å². The molecular weight excluding hydrogens is 272 g/mol. The molecule has 1 aliphatic heterocycles. The van der Waals surface area contributed by atoms with E-state index >= 15 is 0 Å². The van der Waals surface area contributed by atoms with Crippen molar-refractivity contribution in [2.24, 2.45) is 23.7 Å². The Kier molecular flexibility index (Phi) is 7.70. The lowest BCUT2D eigenvalue weighted by molar-refractivity contribution is 0.0950. The summed E-state index contributed by atoms with van der Waals surface area (Å²) in [4.78, 5) is 0. The Bertz CT molecular complexity index is 302. The molecule has 2 heteroatoms. The van der Waals surface area contributed by atoms with Crippen molar-refractivity contribution >= 4 is 0 Å². The monoisotopic (exact) mass is 310 g/mol. The zero-order chi connectivity index (χ0) is 15.9. The summed E-state index contributed by atoms with van der Waals surface area (Å²) in [7, 11) is 1.77. The Labute approximate surface area is 138 Å². The highest BCUT2D eigenvalue weighted by Crippen LogP contribution is 2.42. The van der Waals surface area contributed by atoms with Gasteiger partial charge in [0.15, 0.2) is 6.29 Å². The Hall–Kier alpha value is -0.0800. The second-order valence-electron chi connectivity index (χ2n) is 8.36. The van der Waals surface area contributed by atoms with Crippen molar-refractivity contribution in [3.63, 3.8) is 0 Å². The van der Waals surface area contributed by atoms with Gasteiger partial charge in [0.25, 0.3) is 0 Å². The minimum absolute atomic E-state index is 0.115. The van der Waals surface area contributed by atoms with Crippen molar-refractivity contribution < 1.29 is 9.47 Å². The molecule has 2 aliphatic rings. The number of hydrogen-bond acceptors (Lipinski definition) is 2. The first kappa shape index (κ1) is 18.3. The molecule has 0 aromatic heterocycles. The van der Waals surface area contributed by atoms with Gasteiger partial charge in [0.1, 0.15) is 6.10 Å². The molecule has 0 N–H and O–H groups in total. The summed E-state index contributed by atoms with van der Waals surface area (Å²) in [6.07, 6.45) is 14.7. The van der Waals surface area contributed by atoms with Gasteiger partial charge in [-0.15, -0.1) is 0 Å². The molecule has 2 fully saturated rings. The zero-order valence-corrected chi connectivity index (χ0v) is 15.4. The van der Waals surface area contributed by atoms with E-state index in [1.54, 1.807) is 7.11 Å². The van der Waals surface area contributed by atoms with Crippen LogP contribution in [0.2, 0.25) is 0 Å². The summed E-state index contributed by atoms with van der Waals surface area (Å²) >= 11 is 0. The van der Waals surface area contributed by atoms with Crippen molar-refractivity contribution in [2.45, 2.75) is 97.4 Å². The standard InChI is InChI=1S/C20H38O2/c1-15(2)8-5-9-16(3)10-6-11-17-12-7-13-18(14-17)19-20(21-4)22-19/h15-20H,5-14H2,1-4H3. The normalized spacial score (nSPS) is 33.1. The highest BCUT2D eigenvalue weighted by molar-refractivity contribution is 4.88. The van der Waals surface area contributed by atoms with Crippen LogP contribution in [0.5, 0.6) is 0 Å². The molecule has 2 nitrogen and oxygen atoms in total. The van der Waals surface area contributed by atoms with Gasteiger partial charge >= 0.3 is 0 Å². The SMILES string of the molecule is COC1OC1C1CCCC(CCCC(C)CCCC(C)C)C1. The summed E-state index contributed by atoms with van der Waals surface area (Å²) in [5.74, 6) is 3.50. The molecule has 0 spiro atoms. The average Bonchev–Trinajstić information content (AvgIpc) is 3.27. The van der Waals surface area contributed by atoms with Crippen LogP contribution in [0.15, 0.2) is 0 Å². The van der Waals surface area contributed by atoms with Crippen molar-refractivity contribution in [3.05, 3.63) is 0 Å². The molecule has 0 aromatic carbocycles. The quantitative estimate of drug-likeness (QED) is 0.476. The lowest BCUT2D eigenvalue weighted by atomic mass is 9.77. The molecule has 0 aromatic rings. The molecule has 130 valence electrons. The van der Waals surface area contributed by atoms with Crippen molar-refractivity contribution in [1.29, 1.82) is 0 Å². The average molecular weight is 311 g/mol. The van der Waals surface area contributed by atoms with Crippen LogP contribution in [0, 0.1) is 23.7 Å². The van der Waals surface area contributed by atoms with E-state index in [-0.39, 0.29) is 6.29 Å². The molecule has 1 heterocycles. The number of rotatable bonds is 10. The van der Waals surface area contributed by atoms with Crippen molar-refractivity contribution in [3.8, 4) is 0 Å². The van der Waals surface area contributed by atoms with E-state index in [0.29, 0.717) is 6.10 Å². The molecule has 5 atom stereocenters. The summed E-state index contributed by atoms with van der Waals surface area (Å²) in [5.41, 5.74) is 0. The summed E-state index contributed by atoms with van der Waals surface area (Å²) < 4.78 is 10.9. The minimum atomic E-state index is 0.115. The minimum Gasteiger partial charge on any atom is -0.353 e. The number of methoxy groups -OCH3 is 1. The van der Waals surface area contributed by atoms with Gasteiger partial charge in [0.2, 0.25) is 0 Å². The third kappa shape index (κ3) is 6.20. The Morgan fingerprint density at radius 2 is 1.82 bits per heavy atom. The molecule has 5 unspecified atom stereocenters. The molecule has 0 bridgehead atoms. The van der Waals surface area contributed by atoms with Crippen LogP contribution in [-0.2, 0) is 9.47 Å². The van der Waals surface area contributed by atoms with Crippen LogP contribution in [0.1, 0.15) is 85.0 Å². The Morgan fingerprint density at radius 3 is 2.50 bits per heavy atom.